The summed E-state index contributed by atoms with van der Waals surface area (Å²) in [6.45, 7) is 1.93. The topological polar surface area (TPSA) is 63.7 Å². The quantitative estimate of drug-likeness (QED) is 0.780. The van der Waals surface area contributed by atoms with Crippen LogP contribution in [0, 0.1) is 0 Å². The molecule has 4 rings (SSSR count). The summed E-state index contributed by atoms with van der Waals surface area (Å²) in [6.07, 6.45) is 7.45. The normalized spacial score (nSPS) is 19.1. The van der Waals surface area contributed by atoms with Crippen LogP contribution in [0.25, 0.3) is 0 Å². The lowest BCUT2D eigenvalue weighted by molar-refractivity contribution is -0.0110. The highest BCUT2D eigenvalue weighted by atomic mass is 16.5. The Labute approximate surface area is 165 Å². The molecule has 0 radical (unpaired) electrons. The van der Waals surface area contributed by atoms with E-state index >= 15 is 0 Å². The van der Waals surface area contributed by atoms with E-state index in [0.717, 1.165) is 49.4 Å². The predicted molar refractivity (Wildman–Crippen MR) is 107 cm³/mol. The van der Waals surface area contributed by atoms with E-state index < -0.39 is 0 Å². The van der Waals surface area contributed by atoms with Gasteiger partial charge in [-0.15, -0.1) is 0 Å². The number of nitrogens with zero attached hydrogens (tertiary/aromatic N) is 2. The third kappa shape index (κ3) is 5.23. The summed E-state index contributed by atoms with van der Waals surface area (Å²) >= 11 is 0. The molecule has 148 valence electrons. The van der Waals surface area contributed by atoms with E-state index in [2.05, 4.69) is 10.3 Å². The van der Waals surface area contributed by atoms with Crippen molar-refractivity contribution in [3.8, 4) is 5.75 Å². The second kappa shape index (κ2) is 9.06. The molecule has 1 atom stereocenters. The van der Waals surface area contributed by atoms with Crippen molar-refractivity contribution >= 4 is 11.7 Å². The Hall–Kier alpha value is -2.60. The van der Waals surface area contributed by atoms with Crippen LogP contribution in [0.1, 0.15) is 37.8 Å². The summed E-state index contributed by atoms with van der Waals surface area (Å²) < 4.78 is 11.5. The van der Waals surface area contributed by atoms with Gasteiger partial charge in [0.05, 0.1) is 18.3 Å². The first-order chi connectivity index (χ1) is 13.8. The van der Waals surface area contributed by atoms with Crippen LogP contribution in [0.3, 0.4) is 0 Å². The van der Waals surface area contributed by atoms with E-state index in [1.54, 1.807) is 6.20 Å². The summed E-state index contributed by atoms with van der Waals surface area (Å²) in [4.78, 5) is 19.0. The largest absolute Gasteiger partial charge is 0.491 e. The van der Waals surface area contributed by atoms with E-state index in [1.165, 1.54) is 6.42 Å². The molecule has 2 amide bonds. The summed E-state index contributed by atoms with van der Waals surface area (Å²) in [7, 11) is 0. The van der Waals surface area contributed by atoms with Gasteiger partial charge in [-0.2, -0.15) is 0 Å². The van der Waals surface area contributed by atoms with Crippen molar-refractivity contribution in [3.05, 3.63) is 54.4 Å². The van der Waals surface area contributed by atoms with E-state index in [1.807, 2.05) is 47.4 Å². The molecule has 2 aromatic rings. The maximum Gasteiger partial charge on any atom is 0.322 e. The van der Waals surface area contributed by atoms with Gasteiger partial charge in [-0.05, 0) is 68.5 Å². The minimum Gasteiger partial charge on any atom is -0.491 e. The highest BCUT2D eigenvalue weighted by Gasteiger charge is 2.32. The highest BCUT2D eigenvalue weighted by Crippen LogP contribution is 2.29. The summed E-state index contributed by atoms with van der Waals surface area (Å²) in [6, 6.07) is 13.5. The number of ether oxygens (including phenoxy) is 2. The van der Waals surface area contributed by atoms with Crippen molar-refractivity contribution in [1.29, 1.82) is 0 Å². The third-order valence-electron chi connectivity index (χ3n) is 5.12. The molecule has 1 aromatic carbocycles. The van der Waals surface area contributed by atoms with Crippen LogP contribution in [0.15, 0.2) is 48.7 Å². The van der Waals surface area contributed by atoms with Crippen molar-refractivity contribution in [1.82, 2.24) is 9.88 Å². The maximum absolute atomic E-state index is 12.8. The molecule has 2 aliphatic rings. The van der Waals surface area contributed by atoms with Crippen LogP contribution in [0.2, 0.25) is 0 Å². The van der Waals surface area contributed by atoms with E-state index in [0.29, 0.717) is 19.2 Å². The van der Waals surface area contributed by atoms with Crippen molar-refractivity contribution in [3.63, 3.8) is 0 Å². The minimum atomic E-state index is -0.0857. The Morgan fingerprint density at radius 3 is 2.68 bits per heavy atom. The van der Waals surface area contributed by atoms with Gasteiger partial charge in [0.2, 0.25) is 0 Å². The summed E-state index contributed by atoms with van der Waals surface area (Å²) in [5.41, 5.74) is 1.66. The molecule has 2 fully saturated rings. The lowest BCUT2D eigenvalue weighted by Crippen LogP contribution is -2.36. The van der Waals surface area contributed by atoms with Gasteiger partial charge in [-0.1, -0.05) is 6.07 Å². The number of carbonyl (C=O) groups is 1. The number of urea groups is 1. The zero-order valence-electron chi connectivity index (χ0n) is 16.0. The average molecular weight is 381 g/mol. The van der Waals surface area contributed by atoms with E-state index in [9.17, 15) is 4.79 Å². The van der Waals surface area contributed by atoms with Crippen LogP contribution < -0.4 is 10.1 Å². The Morgan fingerprint density at radius 1 is 1.14 bits per heavy atom. The van der Waals surface area contributed by atoms with Crippen LogP contribution in [0.5, 0.6) is 5.75 Å². The molecule has 1 saturated carbocycles. The lowest BCUT2D eigenvalue weighted by atomic mass is 10.1. The zero-order valence-corrected chi connectivity index (χ0v) is 16.0. The molecular weight excluding hydrogens is 354 g/mol. The van der Waals surface area contributed by atoms with Crippen molar-refractivity contribution in [2.75, 3.05) is 18.5 Å². The van der Waals surface area contributed by atoms with Crippen LogP contribution in [-0.4, -0.2) is 41.3 Å². The number of nitrogens with one attached hydrogen (secondary N) is 1. The molecule has 6 nitrogen and oxygen atoms in total. The second-order valence-corrected chi connectivity index (χ2v) is 7.43. The van der Waals surface area contributed by atoms with Gasteiger partial charge in [-0.25, -0.2) is 4.79 Å². The van der Waals surface area contributed by atoms with Crippen molar-refractivity contribution in [2.45, 2.75) is 50.8 Å². The van der Waals surface area contributed by atoms with Gasteiger partial charge in [0, 0.05) is 24.5 Å². The van der Waals surface area contributed by atoms with Gasteiger partial charge >= 0.3 is 6.03 Å². The Morgan fingerprint density at radius 2 is 2.00 bits per heavy atom. The van der Waals surface area contributed by atoms with E-state index in [4.69, 9.17) is 9.47 Å². The Kier molecular flexibility index (Phi) is 6.07. The number of anilines is 1. The van der Waals surface area contributed by atoms with Crippen LogP contribution in [0.4, 0.5) is 10.5 Å². The summed E-state index contributed by atoms with van der Waals surface area (Å²) in [5.74, 6) is 0.791. The molecule has 2 heterocycles. The average Bonchev–Trinajstić information content (AvgIpc) is 3.58. The lowest BCUT2D eigenvalue weighted by Gasteiger charge is -2.23. The molecule has 1 aliphatic carbocycles. The number of hydrogen-bond donors (Lipinski definition) is 1. The number of hydrogen-bond acceptors (Lipinski definition) is 4. The molecule has 6 heteroatoms. The summed E-state index contributed by atoms with van der Waals surface area (Å²) in [5, 5.41) is 3.00. The van der Waals surface area contributed by atoms with Gasteiger partial charge in [0.15, 0.2) is 0 Å². The molecule has 1 N–H and O–H groups in total. The van der Waals surface area contributed by atoms with Gasteiger partial charge in [-0.3, -0.25) is 4.98 Å². The number of rotatable bonds is 7. The molecule has 28 heavy (non-hydrogen) atoms. The number of amides is 2. The third-order valence-corrected chi connectivity index (χ3v) is 5.12. The van der Waals surface area contributed by atoms with Gasteiger partial charge < -0.3 is 19.7 Å². The number of aromatic nitrogens is 1. The number of pyridine rings is 1. The fraction of sp³-hybridized carbons (Fsp3) is 0.455. The van der Waals surface area contributed by atoms with Crippen molar-refractivity contribution in [2.24, 2.45) is 0 Å². The first kappa shape index (κ1) is 18.7. The van der Waals surface area contributed by atoms with Crippen molar-refractivity contribution < 1.29 is 14.3 Å². The Bertz CT molecular complexity index is 756. The standard InChI is InChI=1S/C22H27N3O3/c26-22(25(19-9-10-19)15-18-5-1-3-13-23-18)24-17-7-11-20(12-8-17)28-16-21-6-2-4-14-27-21/h1,3,5,7-8,11-13,19,21H,2,4,6,9-10,14-16H2,(H,24,26)/t21-/m0/s1. The predicted octanol–water partition coefficient (Wildman–Crippen LogP) is 4.23. The molecule has 0 unspecified atom stereocenters. The van der Waals surface area contributed by atoms with Gasteiger partial charge in [0.25, 0.3) is 0 Å². The van der Waals surface area contributed by atoms with E-state index in [-0.39, 0.29) is 12.1 Å². The maximum atomic E-state index is 12.8. The first-order valence-electron chi connectivity index (χ1n) is 10.1. The van der Waals surface area contributed by atoms with Gasteiger partial charge in [0.1, 0.15) is 12.4 Å². The molecule has 0 bridgehead atoms. The fourth-order valence-corrected chi connectivity index (χ4v) is 3.38. The molecular formula is C22H27N3O3. The molecule has 1 saturated heterocycles. The minimum absolute atomic E-state index is 0.0857. The number of benzene rings is 1. The molecule has 0 spiro atoms. The molecule has 1 aliphatic heterocycles. The molecule has 1 aromatic heterocycles. The highest BCUT2D eigenvalue weighted by molar-refractivity contribution is 5.89. The van der Waals surface area contributed by atoms with Crippen LogP contribution in [-0.2, 0) is 11.3 Å². The smallest absolute Gasteiger partial charge is 0.322 e. The second-order valence-electron chi connectivity index (χ2n) is 7.43. The first-order valence-corrected chi connectivity index (χ1v) is 10.1. The fourth-order valence-electron chi connectivity index (χ4n) is 3.38. The number of carbonyl (C=O) groups excluding carboxylic acids is 1. The Balaban J connectivity index is 1.30. The SMILES string of the molecule is O=C(Nc1ccc(OC[C@@H]2CCCCO2)cc1)N(Cc1ccccn1)C1CC1. The zero-order chi connectivity index (χ0) is 19.2. The monoisotopic (exact) mass is 381 g/mol. The van der Waals surface area contributed by atoms with Crippen LogP contribution >= 0.6 is 0 Å².